The Bertz CT molecular complexity index is 959. The minimum Gasteiger partial charge on any atom is -0.368 e. The molecule has 4 N–H and O–H groups in total. The van der Waals surface area contributed by atoms with Gasteiger partial charge in [-0.15, -0.1) is 0 Å². The van der Waals surface area contributed by atoms with Crippen LogP contribution in [0.15, 0.2) is 21.9 Å². The Morgan fingerprint density at radius 3 is 2.62 bits per heavy atom. The summed E-state index contributed by atoms with van der Waals surface area (Å²) in [6, 6.07) is 1.50. The highest BCUT2D eigenvalue weighted by molar-refractivity contribution is 8.13. The first-order valence-electron chi connectivity index (χ1n) is 7.19. The number of nitro benzene ring substituents is 1. The first-order valence-corrected chi connectivity index (χ1v) is 11.2. The normalized spacial score (nSPS) is 18.6. The maximum absolute atomic E-state index is 12.4. The molecule has 11 nitrogen and oxygen atoms in total. The topological polar surface area (TPSA) is 179 Å². The van der Waals surface area contributed by atoms with Crippen molar-refractivity contribution in [3.8, 4) is 0 Å². The second kappa shape index (κ2) is 7.48. The summed E-state index contributed by atoms with van der Waals surface area (Å²) in [5, 5.41) is 18.8. The second-order valence-electron chi connectivity index (χ2n) is 5.42. The monoisotopic (exact) mass is 424 g/mol. The summed E-state index contributed by atoms with van der Waals surface area (Å²) >= 11 is 1.10. The van der Waals surface area contributed by atoms with Crippen molar-refractivity contribution in [3.05, 3.63) is 22.2 Å². The van der Waals surface area contributed by atoms with Gasteiger partial charge in [0.1, 0.15) is 4.90 Å². The zero-order chi connectivity index (χ0) is 19.7. The summed E-state index contributed by atoms with van der Waals surface area (Å²) in [5.41, 5.74) is -0.909. The predicted octanol–water partition coefficient (Wildman–Crippen LogP) is 0.332. The molecule has 1 heterocycles. The van der Waals surface area contributed by atoms with Gasteiger partial charge in [-0.3, -0.25) is 14.9 Å². The lowest BCUT2D eigenvalue weighted by molar-refractivity contribution is -0.387. The van der Waals surface area contributed by atoms with Crippen LogP contribution in [0.4, 0.5) is 11.4 Å². The molecule has 0 radical (unpaired) electrons. The number of primary sulfonamides is 1. The maximum Gasteiger partial charge on any atom is 0.291 e. The van der Waals surface area contributed by atoms with Crippen molar-refractivity contribution in [2.75, 3.05) is 11.1 Å². The molecule has 1 unspecified atom stereocenters. The molecule has 0 bridgehead atoms. The molecule has 14 heteroatoms. The highest BCUT2D eigenvalue weighted by atomic mass is 32.2. The van der Waals surface area contributed by atoms with Crippen LogP contribution in [0.1, 0.15) is 19.8 Å². The van der Waals surface area contributed by atoms with Gasteiger partial charge in [-0.25, -0.2) is 22.0 Å². The van der Waals surface area contributed by atoms with Crippen LogP contribution in [-0.2, 0) is 24.8 Å². The van der Waals surface area contributed by atoms with E-state index in [4.69, 9.17) is 5.14 Å². The SMILES string of the molecule is CC(=O)SCCCC1Nc2cc([N+](=O)[O-])c(S(N)(=O)=O)cc2S(=O)(=O)N1. The standard InChI is InChI=1S/C12H16N4O7S3/c1-7(17)24-4-2-3-12-14-8-5-9(16(18)19)11(25(13,20)21)6-10(8)26(22,23)15-12/h5-6,12,14-15H,2-4H2,1H3,(H2,13,20,21). The molecule has 0 aromatic heterocycles. The van der Waals surface area contributed by atoms with E-state index >= 15 is 0 Å². The molecule has 0 saturated carbocycles. The van der Waals surface area contributed by atoms with Gasteiger partial charge in [0.2, 0.25) is 20.0 Å². The summed E-state index contributed by atoms with van der Waals surface area (Å²) in [6.07, 6.45) is 0.0841. The summed E-state index contributed by atoms with van der Waals surface area (Å²) < 4.78 is 50.2. The molecule has 1 aliphatic heterocycles. The average Bonchev–Trinajstić information content (AvgIpc) is 2.48. The smallest absolute Gasteiger partial charge is 0.291 e. The third-order valence-corrected chi connectivity index (χ3v) is 6.77. The number of rotatable bonds is 6. The number of benzene rings is 1. The average molecular weight is 424 g/mol. The van der Waals surface area contributed by atoms with Crippen molar-refractivity contribution in [1.82, 2.24) is 4.72 Å². The van der Waals surface area contributed by atoms with E-state index in [2.05, 4.69) is 10.0 Å². The summed E-state index contributed by atoms with van der Waals surface area (Å²) in [7, 11) is -8.60. The Hall–Kier alpha value is -1.74. The van der Waals surface area contributed by atoms with Gasteiger partial charge >= 0.3 is 0 Å². The maximum atomic E-state index is 12.4. The Kier molecular flexibility index (Phi) is 5.92. The number of hydrogen-bond acceptors (Lipinski definition) is 9. The highest BCUT2D eigenvalue weighted by Crippen LogP contribution is 2.35. The zero-order valence-corrected chi connectivity index (χ0v) is 15.9. The van der Waals surface area contributed by atoms with Gasteiger partial charge in [0.05, 0.1) is 16.8 Å². The van der Waals surface area contributed by atoms with Crippen LogP contribution in [0.3, 0.4) is 0 Å². The molecule has 1 aliphatic rings. The van der Waals surface area contributed by atoms with Gasteiger partial charge in [-0.2, -0.15) is 4.72 Å². The molecule has 26 heavy (non-hydrogen) atoms. The van der Waals surface area contributed by atoms with Crippen LogP contribution in [0.2, 0.25) is 0 Å². The van der Waals surface area contributed by atoms with Gasteiger partial charge in [0.25, 0.3) is 5.69 Å². The number of nitrogens with two attached hydrogens (primary N) is 1. The van der Waals surface area contributed by atoms with Gasteiger partial charge < -0.3 is 5.32 Å². The molecule has 0 saturated heterocycles. The Labute approximate surface area is 154 Å². The van der Waals surface area contributed by atoms with Crippen molar-refractivity contribution in [2.24, 2.45) is 5.14 Å². The van der Waals surface area contributed by atoms with E-state index in [1.54, 1.807) is 0 Å². The second-order valence-corrected chi connectivity index (χ2v) is 9.90. The van der Waals surface area contributed by atoms with E-state index in [9.17, 15) is 31.7 Å². The first kappa shape index (κ1) is 20.6. The highest BCUT2D eigenvalue weighted by Gasteiger charge is 2.34. The van der Waals surface area contributed by atoms with E-state index in [0.29, 0.717) is 24.7 Å². The van der Waals surface area contributed by atoms with Crippen LogP contribution in [-0.4, -0.2) is 38.8 Å². The molecule has 144 valence electrons. The minimum absolute atomic E-state index is 0.0568. The van der Waals surface area contributed by atoms with E-state index < -0.39 is 46.6 Å². The molecule has 1 aromatic carbocycles. The Morgan fingerprint density at radius 2 is 2.08 bits per heavy atom. The number of thioether (sulfide) groups is 1. The zero-order valence-electron chi connectivity index (χ0n) is 13.5. The number of nitrogens with zero attached hydrogens (tertiary/aromatic N) is 1. The Morgan fingerprint density at radius 1 is 1.42 bits per heavy atom. The number of hydrogen-bond donors (Lipinski definition) is 3. The number of nitrogens with one attached hydrogen (secondary N) is 2. The lowest BCUT2D eigenvalue weighted by Crippen LogP contribution is -2.44. The van der Waals surface area contributed by atoms with Crippen LogP contribution in [0, 0.1) is 10.1 Å². The molecular formula is C12H16N4O7S3. The lowest BCUT2D eigenvalue weighted by atomic mass is 10.2. The van der Waals surface area contributed by atoms with Crippen molar-refractivity contribution in [1.29, 1.82) is 0 Å². The van der Waals surface area contributed by atoms with Gasteiger partial charge in [0, 0.05) is 18.7 Å². The molecule has 1 aromatic rings. The van der Waals surface area contributed by atoms with E-state index in [-0.39, 0.29) is 10.8 Å². The summed E-state index contributed by atoms with van der Waals surface area (Å²) in [6.45, 7) is 1.42. The fourth-order valence-electron chi connectivity index (χ4n) is 2.36. The van der Waals surface area contributed by atoms with Gasteiger partial charge in [-0.05, 0) is 18.9 Å². The van der Waals surface area contributed by atoms with Crippen molar-refractivity contribution in [3.63, 3.8) is 0 Å². The quantitative estimate of drug-likeness (QED) is 0.329. The fourth-order valence-corrected chi connectivity index (χ4v) is 5.10. The number of carbonyl (C=O) groups is 1. The number of fused-ring (bicyclic) bond motifs is 1. The number of carbonyl (C=O) groups excluding carboxylic acids is 1. The molecule has 0 aliphatic carbocycles. The van der Waals surface area contributed by atoms with Crippen LogP contribution in [0.5, 0.6) is 0 Å². The molecule has 1 atom stereocenters. The third-order valence-electron chi connectivity index (χ3n) is 3.42. The summed E-state index contributed by atoms with van der Waals surface area (Å²) in [5.74, 6) is 0.493. The number of nitro groups is 1. The minimum atomic E-state index is -4.50. The molecular weight excluding hydrogens is 408 g/mol. The van der Waals surface area contributed by atoms with E-state index in [1.165, 1.54) is 6.92 Å². The van der Waals surface area contributed by atoms with E-state index in [0.717, 1.165) is 17.8 Å². The Balaban J connectivity index is 2.37. The van der Waals surface area contributed by atoms with Gasteiger partial charge in [0.15, 0.2) is 10.0 Å². The van der Waals surface area contributed by atoms with Gasteiger partial charge in [-0.1, -0.05) is 11.8 Å². The molecule has 0 spiro atoms. The van der Waals surface area contributed by atoms with Crippen molar-refractivity contribution < 1.29 is 26.6 Å². The van der Waals surface area contributed by atoms with E-state index in [1.807, 2.05) is 0 Å². The third kappa shape index (κ3) is 4.70. The largest absolute Gasteiger partial charge is 0.368 e. The first-order chi connectivity index (χ1) is 11.9. The predicted molar refractivity (Wildman–Crippen MR) is 94.6 cm³/mol. The van der Waals surface area contributed by atoms with Crippen LogP contribution in [0.25, 0.3) is 0 Å². The number of anilines is 1. The van der Waals surface area contributed by atoms with Crippen molar-refractivity contribution in [2.45, 2.75) is 35.7 Å². The summed E-state index contributed by atoms with van der Waals surface area (Å²) in [4.78, 5) is 19.7. The van der Waals surface area contributed by atoms with Crippen LogP contribution >= 0.6 is 11.8 Å². The fraction of sp³-hybridized carbons (Fsp3) is 0.417. The van der Waals surface area contributed by atoms with Crippen molar-refractivity contribution >= 4 is 48.3 Å². The molecule has 0 amide bonds. The molecule has 2 rings (SSSR count). The lowest BCUT2D eigenvalue weighted by Gasteiger charge is -2.28. The van der Waals surface area contributed by atoms with Crippen LogP contribution < -0.4 is 15.2 Å². The molecule has 0 fully saturated rings. The number of sulfonamides is 2.